The van der Waals surface area contributed by atoms with Crippen LogP contribution in [0.2, 0.25) is 0 Å². The molecule has 1 aromatic heterocycles. The standard InChI is InChI=1S/C13H15N3/c1-14-11-7-6-10-4-2-5-12(13(10)11)16-9-3-8-15-16/h2-5,8-9,11,14H,6-7H2,1H3. The van der Waals surface area contributed by atoms with Gasteiger partial charge in [0.2, 0.25) is 0 Å². The minimum Gasteiger partial charge on any atom is -0.313 e. The second kappa shape index (κ2) is 3.76. The van der Waals surface area contributed by atoms with Crippen LogP contribution in [0.5, 0.6) is 0 Å². The van der Waals surface area contributed by atoms with E-state index < -0.39 is 0 Å². The van der Waals surface area contributed by atoms with Crippen LogP contribution in [0.15, 0.2) is 36.7 Å². The molecule has 1 aliphatic carbocycles. The van der Waals surface area contributed by atoms with E-state index in [-0.39, 0.29) is 0 Å². The lowest BCUT2D eigenvalue weighted by Crippen LogP contribution is -2.15. The van der Waals surface area contributed by atoms with Crippen LogP contribution in [0.3, 0.4) is 0 Å². The minimum atomic E-state index is 0.468. The monoisotopic (exact) mass is 213 g/mol. The van der Waals surface area contributed by atoms with Crippen molar-refractivity contribution in [3.63, 3.8) is 0 Å². The maximum absolute atomic E-state index is 4.32. The predicted molar refractivity (Wildman–Crippen MR) is 63.7 cm³/mol. The molecule has 0 fully saturated rings. The van der Waals surface area contributed by atoms with Crippen LogP contribution >= 0.6 is 0 Å². The Bertz CT molecular complexity index is 488. The number of fused-ring (bicyclic) bond motifs is 1. The molecular formula is C13H15N3. The summed E-state index contributed by atoms with van der Waals surface area (Å²) >= 11 is 0. The molecule has 82 valence electrons. The van der Waals surface area contributed by atoms with Crippen LogP contribution in [-0.4, -0.2) is 16.8 Å². The van der Waals surface area contributed by atoms with E-state index in [0.717, 1.165) is 6.42 Å². The lowest BCUT2D eigenvalue weighted by Gasteiger charge is -2.15. The maximum Gasteiger partial charge on any atom is 0.0696 e. The average molecular weight is 213 g/mol. The van der Waals surface area contributed by atoms with Gasteiger partial charge in [-0.1, -0.05) is 12.1 Å². The van der Waals surface area contributed by atoms with Gasteiger partial charge in [0.1, 0.15) is 0 Å². The van der Waals surface area contributed by atoms with Crippen LogP contribution < -0.4 is 5.32 Å². The van der Waals surface area contributed by atoms with Crippen molar-refractivity contribution in [1.82, 2.24) is 15.1 Å². The largest absolute Gasteiger partial charge is 0.313 e. The molecule has 1 unspecified atom stereocenters. The lowest BCUT2D eigenvalue weighted by molar-refractivity contribution is 0.586. The van der Waals surface area contributed by atoms with Gasteiger partial charge < -0.3 is 5.32 Å². The van der Waals surface area contributed by atoms with Gasteiger partial charge in [0, 0.05) is 18.4 Å². The van der Waals surface area contributed by atoms with Gasteiger partial charge in [-0.15, -0.1) is 0 Å². The van der Waals surface area contributed by atoms with Gasteiger partial charge in [-0.3, -0.25) is 0 Å². The van der Waals surface area contributed by atoms with Gasteiger partial charge in [-0.2, -0.15) is 5.10 Å². The Balaban J connectivity index is 2.17. The SMILES string of the molecule is CNC1CCc2cccc(-n3cccn3)c21. The van der Waals surface area contributed by atoms with Crippen LogP contribution in [0.1, 0.15) is 23.6 Å². The zero-order valence-electron chi connectivity index (χ0n) is 9.35. The van der Waals surface area contributed by atoms with Crippen LogP contribution in [0.25, 0.3) is 5.69 Å². The first-order valence-corrected chi connectivity index (χ1v) is 5.69. The van der Waals surface area contributed by atoms with Crippen molar-refractivity contribution in [3.05, 3.63) is 47.8 Å². The molecule has 16 heavy (non-hydrogen) atoms. The van der Waals surface area contributed by atoms with Crippen molar-refractivity contribution in [1.29, 1.82) is 0 Å². The average Bonchev–Trinajstić information content (AvgIpc) is 2.97. The molecule has 0 saturated carbocycles. The summed E-state index contributed by atoms with van der Waals surface area (Å²) in [7, 11) is 2.03. The third-order valence-electron chi connectivity index (χ3n) is 3.32. The molecule has 0 aliphatic heterocycles. The third-order valence-corrected chi connectivity index (χ3v) is 3.32. The summed E-state index contributed by atoms with van der Waals surface area (Å²) < 4.78 is 1.95. The summed E-state index contributed by atoms with van der Waals surface area (Å²) in [6, 6.07) is 8.91. The molecule has 0 bridgehead atoms. The maximum atomic E-state index is 4.32. The van der Waals surface area contributed by atoms with E-state index in [9.17, 15) is 0 Å². The molecule has 0 saturated heterocycles. The molecular weight excluding hydrogens is 198 g/mol. The first-order chi connectivity index (χ1) is 7.90. The van der Waals surface area contributed by atoms with E-state index in [1.807, 2.05) is 30.2 Å². The van der Waals surface area contributed by atoms with E-state index in [1.165, 1.54) is 23.2 Å². The Morgan fingerprint density at radius 1 is 1.38 bits per heavy atom. The fourth-order valence-corrected chi connectivity index (χ4v) is 2.56. The van der Waals surface area contributed by atoms with Crippen molar-refractivity contribution in [2.24, 2.45) is 0 Å². The van der Waals surface area contributed by atoms with Crippen LogP contribution in [-0.2, 0) is 6.42 Å². The fraction of sp³-hybridized carbons (Fsp3) is 0.308. The molecule has 3 heteroatoms. The van der Waals surface area contributed by atoms with Crippen LogP contribution in [0, 0.1) is 0 Å². The molecule has 3 nitrogen and oxygen atoms in total. The molecule has 1 aromatic carbocycles. The number of benzene rings is 1. The number of nitrogens with one attached hydrogen (secondary N) is 1. The summed E-state index contributed by atoms with van der Waals surface area (Å²) in [5.41, 5.74) is 4.07. The lowest BCUT2D eigenvalue weighted by atomic mass is 10.1. The molecule has 1 heterocycles. The minimum absolute atomic E-state index is 0.468. The van der Waals surface area contributed by atoms with E-state index >= 15 is 0 Å². The predicted octanol–water partition coefficient (Wildman–Crippen LogP) is 2.08. The van der Waals surface area contributed by atoms with Gasteiger partial charge in [-0.05, 0) is 43.1 Å². The Kier molecular flexibility index (Phi) is 2.26. The summed E-state index contributed by atoms with van der Waals surface area (Å²) in [5, 5.41) is 7.70. The van der Waals surface area contributed by atoms with Crippen molar-refractivity contribution in [2.45, 2.75) is 18.9 Å². The Hall–Kier alpha value is -1.61. The molecule has 1 aliphatic rings. The highest BCUT2D eigenvalue weighted by Gasteiger charge is 2.24. The van der Waals surface area contributed by atoms with Gasteiger partial charge in [0.15, 0.2) is 0 Å². The highest BCUT2D eigenvalue weighted by Crippen LogP contribution is 2.34. The molecule has 0 amide bonds. The number of hydrogen-bond acceptors (Lipinski definition) is 2. The molecule has 3 rings (SSSR count). The molecule has 0 spiro atoms. The first-order valence-electron chi connectivity index (χ1n) is 5.69. The zero-order valence-corrected chi connectivity index (χ0v) is 9.35. The molecule has 1 N–H and O–H groups in total. The topological polar surface area (TPSA) is 29.9 Å². The second-order valence-corrected chi connectivity index (χ2v) is 4.18. The summed E-state index contributed by atoms with van der Waals surface area (Å²) in [6.07, 6.45) is 6.17. The number of hydrogen-bond donors (Lipinski definition) is 1. The highest BCUT2D eigenvalue weighted by molar-refractivity contribution is 5.50. The van der Waals surface area contributed by atoms with E-state index in [0.29, 0.717) is 6.04 Å². The smallest absolute Gasteiger partial charge is 0.0696 e. The van der Waals surface area contributed by atoms with Crippen molar-refractivity contribution < 1.29 is 0 Å². The summed E-state index contributed by atoms with van der Waals surface area (Å²) in [4.78, 5) is 0. The van der Waals surface area contributed by atoms with Crippen molar-refractivity contribution in [3.8, 4) is 5.69 Å². The number of aromatic nitrogens is 2. The molecule has 1 atom stereocenters. The summed E-state index contributed by atoms with van der Waals surface area (Å²) in [5.74, 6) is 0. The van der Waals surface area contributed by atoms with Crippen LogP contribution in [0.4, 0.5) is 0 Å². The number of rotatable bonds is 2. The van der Waals surface area contributed by atoms with E-state index in [2.05, 4.69) is 28.6 Å². The Morgan fingerprint density at radius 3 is 3.06 bits per heavy atom. The van der Waals surface area contributed by atoms with E-state index in [1.54, 1.807) is 0 Å². The zero-order chi connectivity index (χ0) is 11.0. The Labute approximate surface area is 95.1 Å². The third kappa shape index (κ3) is 1.36. The first kappa shape index (κ1) is 9.60. The number of nitrogens with zero attached hydrogens (tertiary/aromatic N) is 2. The highest BCUT2D eigenvalue weighted by atomic mass is 15.3. The van der Waals surface area contributed by atoms with E-state index in [4.69, 9.17) is 0 Å². The van der Waals surface area contributed by atoms with Crippen molar-refractivity contribution >= 4 is 0 Å². The fourth-order valence-electron chi connectivity index (χ4n) is 2.56. The normalized spacial score (nSPS) is 18.7. The van der Waals surface area contributed by atoms with Gasteiger partial charge in [0.05, 0.1) is 5.69 Å². The molecule has 2 aromatic rings. The van der Waals surface area contributed by atoms with Crippen molar-refractivity contribution in [2.75, 3.05) is 7.05 Å². The Morgan fingerprint density at radius 2 is 2.31 bits per heavy atom. The second-order valence-electron chi connectivity index (χ2n) is 4.18. The van der Waals surface area contributed by atoms with Gasteiger partial charge >= 0.3 is 0 Å². The quantitative estimate of drug-likeness (QED) is 0.827. The summed E-state index contributed by atoms with van der Waals surface area (Å²) in [6.45, 7) is 0. The van der Waals surface area contributed by atoms with Gasteiger partial charge in [0.25, 0.3) is 0 Å². The molecule has 0 radical (unpaired) electrons. The van der Waals surface area contributed by atoms with Gasteiger partial charge in [-0.25, -0.2) is 4.68 Å². The number of aryl methyl sites for hydroxylation is 1.